The molecule has 0 radical (unpaired) electrons. The van der Waals surface area contributed by atoms with Crippen molar-refractivity contribution in [3.05, 3.63) is 28.5 Å². The molecule has 1 heterocycles. The number of carboxylic acid groups (broad SMARTS) is 1. The van der Waals surface area contributed by atoms with Crippen molar-refractivity contribution in [2.24, 2.45) is 0 Å². The van der Waals surface area contributed by atoms with Gasteiger partial charge in [0, 0.05) is 11.3 Å². The third-order valence-corrected chi connectivity index (χ3v) is 2.90. The average molecular weight is 301 g/mol. The first-order valence-electron chi connectivity index (χ1n) is 6.11. The largest absolute Gasteiger partial charge is 0.480 e. The van der Waals surface area contributed by atoms with Gasteiger partial charge in [0.05, 0.1) is 6.10 Å². The van der Waals surface area contributed by atoms with E-state index in [9.17, 15) is 14.7 Å². The lowest BCUT2D eigenvalue weighted by Crippen LogP contribution is -2.47. The van der Waals surface area contributed by atoms with Crippen LogP contribution in [0.5, 0.6) is 0 Å². The molecule has 2 atom stereocenters. The highest BCUT2D eigenvalue weighted by molar-refractivity contribution is 6.29. The molecule has 1 aromatic rings. The Labute approximate surface area is 121 Å². The number of aliphatic hydroxyl groups excluding tert-OH is 1. The number of nitrogens with one attached hydrogen (secondary N) is 1. The number of carbonyl (C=O) groups excluding carboxylic acids is 1. The Kier molecular flexibility index (Phi) is 5.47. The van der Waals surface area contributed by atoms with Crippen LogP contribution in [-0.4, -0.2) is 39.2 Å². The van der Waals surface area contributed by atoms with Crippen molar-refractivity contribution in [2.75, 3.05) is 0 Å². The molecule has 0 saturated carbocycles. The van der Waals surface area contributed by atoms with Gasteiger partial charge in [-0.15, -0.1) is 0 Å². The molecule has 110 valence electrons. The first-order chi connectivity index (χ1) is 9.22. The molecule has 0 spiro atoms. The molecule has 20 heavy (non-hydrogen) atoms. The molecule has 3 N–H and O–H groups in total. The molecule has 0 bridgehead atoms. The first kappa shape index (κ1) is 16.4. The van der Waals surface area contributed by atoms with Crippen LogP contribution >= 0.6 is 11.6 Å². The van der Waals surface area contributed by atoms with Crippen molar-refractivity contribution in [3.8, 4) is 0 Å². The lowest BCUT2D eigenvalue weighted by molar-refractivity contribution is -0.141. The highest BCUT2D eigenvalue weighted by Gasteiger charge is 2.25. The monoisotopic (exact) mass is 300 g/mol. The van der Waals surface area contributed by atoms with E-state index in [0.717, 1.165) is 0 Å². The van der Waals surface area contributed by atoms with Crippen LogP contribution in [0.1, 0.15) is 42.7 Å². The summed E-state index contributed by atoms with van der Waals surface area (Å²) < 4.78 is 0. The lowest BCUT2D eigenvalue weighted by atomic mass is 10.1. The Morgan fingerprint density at radius 3 is 2.35 bits per heavy atom. The number of hydrogen-bond acceptors (Lipinski definition) is 4. The third-order valence-electron chi connectivity index (χ3n) is 2.70. The Morgan fingerprint density at radius 1 is 1.30 bits per heavy atom. The number of halogens is 1. The van der Waals surface area contributed by atoms with Gasteiger partial charge in [-0.3, -0.25) is 4.79 Å². The van der Waals surface area contributed by atoms with Crippen LogP contribution < -0.4 is 5.32 Å². The third kappa shape index (κ3) is 4.18. The highest BCUT2D eigenvalue weighted by atomic mass is 35.5. The minimum atomic E-state index is -1.38. The van der Waals surface area contributed by atoms with Gasteiger partial charge in [-0.1, -0.05) is 25.4 Å². The summed E-state index contributed by atoms with van der Waals surface area (Å²) in [7, 11) is 0. The number of aromatic nitrogens is 1. The van der Waals surface area contributed by atoms with Crippen molar-refractivity contribution < 1.29 is 19.8 Å². The van der Waals surface area contributed by atoms with Crippen molar-refractivity contribution in [1.82, 2.24) is 10.3 Å². The molecular weight excluding hydrogens is 284 g/mol. The zero-order valence-electron chi connectivity index (χ0n) is 11.4. The summed E-state index contributed by atoms with van der Waals surface area (Å²) in [5.41, 5.74) is 0.840. The molecule has 1 aromatic heterocycles. The summed E-state index contributed by atoms with van der Waals surface area (Å²) in [4.78, 5) is 27.0. The van der Waals surface area contributed by atoms with Crippen molar-refractivity contribution >= 4 is 23.5 Å². The molecular formula is C13H17ClN2O4. The van der Waals surface area contributed by atoms with Crippen LogP contribution in [0.2, 0.25) is 5.15 Å². The number of aliphatic carboxylic acids is 1. The van der Waals surface area contributed by atoms with Gasteiger partial charge in [0.1, 0.15) is 5.15 Å². The van der Waals surface area contributed by atoms with Crippen LogP contribution in [0.3, 0.4) is 0 Å². The smallest absolute Gasteiger partial charge is 0.328 e. The van der Waals surface area contributed by atoms with E-state index in [-0.39, 0.29) is 16.6 Å². The Hall–Kier alpha value is -1.66. The number of aliphatic hydroxyl groups is 1. The Morgan fingerprint density at radius 2 is 1.90 bits per heavy atom. The van der Waals surface area contributed by atoms with E-state index in [1.165, 1.54) is 13.0 Å². The fourth-order valence-corrected chi connectivity index (χ4v) is 1.77. The predicted molar refractivity (Wildman–Crippen MR) is 73.9 cm³/mol. The van der Waals surface area contributed by atoms with E-state index in [1.54, 1.807) is 6.07 Å². The zero-order valence-corrected chi connectivity index (χ0v) is 12.2. The molecule has 0 unspecified atom stereocenters. The first-order valence-corrected chi connectivity index (χ1v) is 6.49. The van der Waals surface area contributed by atoms with Crippen LogP contribution in [0.4, 0.5) is 0 Å². The van der Waals surface area contributed by atoms with Gasteiger partial charge >= 0.3 is 5.97 Å². The quantitative estimate of drug-likeness (QED) is 0.714. The summed E-state index contributed by atoms with van der Waals surface area (Å²) in [6.45, 7) is 5.09. The molecule has 0 aliphatic rings. The van der Waals surface area contributed by atoms with Gasteiger partial charge < -0.3 is 15.5 Å². The number of amides is 1. The molecule has 7 heteroatoms. The fourth-order valence-electron chi connectivity index (χ4n) is 1.56. The van der Waals surface area contributed by atoms with Crippen LogP contribution in [0.15, 0.2) is 12.1 Å². The number of carboxylic acids is 1. The van der Waals surface area contributed by atoms with Crippen molar-refractivity contribution in [3.63, 3.8) is 0 Å². The zero-order chi connectivity index (χ0) is 15.4. The number of carbonyl (C=O) groups is 2. The molecule has 1 amide bonds. The topological polar surface area (TPSA) is 99.5 Å². The number of pyridine rings is 1. The summed E-state index contributed by atoms with van der Waals surface area (Å²) >= 11 is 5.84. The van der Waals surface area contributed by atoms with Crippen LogP contribution in [0.25, 0.3) is 0 Å². The van der Waals surface area contributed by atoms with Gasteiger partial charge in [0.2, 0.25) is 0 Å². The van der Waals surface area contributed by atoms with E-state index >= 15 is 0 Å². The van der Waals surface area contributed by atoms with Crippen LogP contribution in [0, 0.1) is 0 Å². The Bertz CT molecular complexity index is 517. The van der Waals surface area contributed by atoms with Crippen LogP contribution in [-0.2, 0) is 4.79 Å². The minimum absolute atomic E-state index is 0.0762. The summed E-state index contributed by atoms with van der Waals surface area (Å²) in [6, 6.07) is 1.52. The maximum absolute atomic E-state index is 12.0. The molecule has 0 aliphatic heterocycles. The van der Waals surface area contributed by atoms with Crippen molar-refractivity contribution in [2.45, 2.75) is 38.8 Å². The fraction of sp³-hybridized carbons (Fsp3) is 0.462. The van der Waals surface area contributed by atoms with E-state index in [2.05, 4.69) is 10.3 Å². The van der Waals surface area contributed by atoms with Gasteiger partial charge in [-0.05, 0) is 25.0 Å². The van der Waals surface area contributed by atoms with E-state index in [0.29, 0.717) is 5.69 Å². The summed E-state index contributed by atoms with van der Waals surface area (Å²) in [6.07, 6.45) is -1.21. The van der Waals surface area contributed by atoms with Crippen molar-refractivity contribution in [1.29, 1.82) is 0 Å². The highest BCUT2D eigenvalue weighted by Crippen LogP contribution is 2.17. The molecule has 0 aliphatic carbocycles. The number of nitrogens with zero attached hydrogens (tertiary/aromatic N) is 1. The summed E-state index contributed by atoms with van der Waals surface area (Å²) in [5.74, 6) is -1.85. The second kappa shape index (κ2) is 6.67. The van der Waals surface area contributed by atoms with Gasteiger partial charge in [-0.2, -0.15) is 0 Å². The maximum atomic E-state index is 12.0. The molecule has 0 fully saturated rings. The maximum Gasteiger partial charge on any atom is 0.328 e. The summed E-state index contributed by atoms with van der Waals surface area (Å²) in [5, 5.41) is 20.7. The number of rotatable bonds is 5. The minimum Gasteiger partial charge on any atom is -0.480 e. The van der Waals surface area contributed by atoms with Gasteiger partial charge in [0.25, 0.3) is 5.91 Å². The second-order valence-electron chi connectivity index (χ2n) is 4.79. The van der Waals surface area contributed by atoms with E-state index in [4.69, 9.17) is 16.7 Å². The van der Waals surface area contributed by atoms with Gasteiger partial charge in [-0.25, -0.2) is 9.78 Å². The molecule has 0 saturated heterocycles. The lowest BCUT2D eigenvalue weighted by Gasteiger charge is -2.17. The molecule has 0 aromatic carbocycles. The van der Waals surface area contributed by atoms with E-state index in [1.807, 2.05) is 13.8 Å². The molecule has 1 rings (SSSR count). The SMILES string of the molecule is CC(C)c1cc(C(=O)N[C@H](C(=O)O)[C@@H](C)O)cc(Cl)n1. The standard InChI is InChI=1S/C13H17ClN2O4/c1-6(2)9-4-8(5-10(14)15-9)12(18)16-11(7(3)17)13(19)20/h4-7,11,17H,1-3H3,(H,16,18)(H,19,20)/t7-,11+/m1/s1. The number of hydrogen-bond donors (Lipinski definition) is 3. The van der Waals surface area contributed by atoms with E-state index < -0.39 is 24.0 Å². The Balaban J connectivity index is 3.00. The second-order valence-corrected chi connectivity index (χ2v) is 5.18. The molecule has 6 nitrogen and oxygen atoms in total. The normalized spacial score (nSPS) is 13.9. The predicted octanol–water partition coefficient (Wildman–Crippen LogP) is 1.42. The average Bonchev–Trinajstić information content (AvgIpc) is 2.33. The van der Waals surface area contributed by atoms with Gasteiger partial charge in [0.15, 0.2) is 6.04 Å².